The molecule has 0 spiro atoms. The van der Waals surface area contributed by atoms with Gasteiger partial charge in [-0.05, 0) is 35.4 Å². The summed E-state index contributed by atoms with van der Waals surface area (Å²) in [5.74, 6) is 2.88. The van der Waals surface area contributed by atoms with Crippen LogP contribution < -0.4 is 18.9 Å². The molecule has 1 heterocycles. The van der Waals surface area contributed by atoms with Crippen LogP contribution >= 0.6 is 11.7 Å². The van der Waals surface area contributed by atoms with Crippen LogP contribution in [0.2, 0.25) is 0 Å². The number of hydrogen-bond acceptors (Lipinski definition) is 7. The maximum atomic E-state index is 5.42. The number of benzene rings is 3. The average molecular weight is 408 g/mol. The Morgan fingerprint density at radius 2 is 0.897 bits per heavy atom. The van der Waals surface area contributed by atoms with Crippen LogP contribution in [0.5, 0.6) is 23.0 Å². The first-order chi connectivity index (χ1) is 14.2. The van der Waals surface area contributed by atoms with Crippen molar-refractivity contribution in [1.82, 2.24) is 8.75 Å². The molecular formula is C22H20N2O4S. The molecule has 29 heavy (non-hydrogen) atoms. The van der Waals surface area contributed by atoms with Crippen molar-refractivity contribution in [2.45, 2.75) is 0 Å². The molecule has 0 amide bonds. The fraction of sp³-hybridized carbons (Fsp3) is 0.182. The zero-order valence-corrected chi connectivity index (χ0v) is 17.4. The number of hydrogen-bond donors (Lipinski definition) is 0. The van der Waals surface area contributed by atoms with E-state index < -0.39 is 0 Å². The van der Waals surface area contributed by atoms with Gasteiger partial charge in [0.1, 0.15) is 34.0 Å². The summed E-state index contributed by atoms with van der Waals surface area (Å²) in [7, 11) is 6.55. The topological polar surface area (TPSA) is 62.7 Å². The highest BCUT2D eigenvalue weighted by atomic mass is 32.1. The molecule has 0 saturated heterocycles. The van der Waals surface area contributed by atoms with Crippen LogP contribution in [-0.2, 0) is 0 Å². The predicted molar refractivity (Wildman–Crippen MR) is 114 cm³/mol. The number of fused-ring (bicyclic) bond motifs is 1. The third kappa shape index (κ3) is 3.56. The van der Waals surface area contributed by atoms with Gasteiger partial charge < -0.3 is 18.9 Å². The Balaban J connectivity index is 1.90. The van der Waals surface area contributed by atoms with Gasteiger partial charge in [0.15, 0.2) is 0 Å². The third-order valence-electron chi connectivity index (χ3n) is 4.74. The second-order valence-corrected chi connectivity index (χ2v) is 6.85. The first kappa shape index (κ1) is 19.0. The van der Waals surface area contributed by atoms with Gasteiger partial charge in [-0.3, -0.25) is 0 Å². The molecule has 3 aromatic carbocycles. The van der Waals surface area contributed by atoms with Crippen LogP contribution in [-0.4, -0.2) is 37.2 Å². The minimum absolute atomic E-state index is 0.720. The second kappa shape index (κ2) is 7.97. The van der Waals surface area contributed by atoms with Crippen LogP contribution in [0.3, 0.4) is 0 Å². The molecule has 7 heteroatoms. The zero-order chi connectivity index (χ0) is 20.4. The third-order valence-corrected chi connectivity index (χ3v) is 5.27. The van der Waals surface area contributed by atoms with Gasteiger partial charge in [0.05, 0.1) is 40.2 Å². The molecule has 4 rings (SSSR count). The highest BCUT2D eigenvalue weighted by Crippen LogP contribution is 2.39. The zero-order valence-electron chi connectivity index (χ0n) is 16.6. The Bertz CT molecular complexity index is 1040. The summed E-state index contributed by atoms with van der Waals surface area (Å²) in [5.41, 5.74) is 5.48. The number of methoxy groups -OCH3 is 4. The number of aromatic nitrogens is 2. The van der Waals surface area contributed by atoms with E-state index in [0.29, 0.717) is 0 Å². The van der Waals surface area contributed by atoms with E-state index in [1.54, 1.807) is 28.4 Å². The van der Waals surface area contributed by atoms with Gasteiger partial charge in [-0.15, -0.1) is 0 Å². The van der Waals surface area contributed by atoms with Crippen LogP contribution in [0.25, 0.3) is 33.3 Å². The lowest BCUT2D eigenvalue weighted by Gasteiger charge is -2.12. The predicted octanol–water partition coefficient (Wildman–Crippen LogP) is 5.06. The normalized spacial score (nSPS) is 10.8. The quantitative estimate of drug-likeness (QED) is 0.444. The van der Waals surface area contributed by atoms with E-state index in [0.717, 1.165) is 56.3 Å². The maximum absolute atomic E-state index is 5.42. The van der Waals surface area contributed by atoms with Gasteiger partial charge >= 0.3 is 0 Å². The highest BCUT2D eigenvalue weighted by molar-refractivity contribution is 7.00. The van der Waals surface area contributed by atoms with E-state index in [9.17, 15) is 0 Å². The summed E-state index contributed by atoms with van der Waals surface area (Å²) in [6.45, 7) is 0. The molecule has 0 saturated carbocycles. The molecule has 1 aromatic heterocycles. The molecular weight excluding hydrogens is 388 g/mol. The van der Waals surface area contributed by atoms with Crippen molar-refractivity contribution in [3.63, 3.8) is 0 Å². The van der Waals surface area contributed by atoms with E-state index in [2.05, 4.69) is 8.75 Å². The van der Waals surface area contributed by atoms with Gasteiger partial charge in [-0.1, -0.05) is 12.1 Å². The molecule has 4 aromatic rings. The number of nitrogens with zero attached hydrogens (tertiary/aromatic N) is 2. The standard InChI is InChI=1S/C22H20N2O4S/c1-25-15-7-13(8-16(11-15)26-2)19-5-6-20(22-21(19)23-29-24-22)14-9-17(27-3)12-18(10-14)28-4/h5-12H,1-4H3. The van der Waals surface area contributed by atoms with Gasteiger partial charge in [-0.25, -0.2) is 0 Å². The molecule has 0 radical (unpaired) electrons. The summed E-state index contributed by atoms with van der Waals surface area (Å²) in [6, 6.07) is 15.6. The van der Waals surface area contributed by atoms with Gasteiger partial charge in [0.25, 0.3) is 0 Å². The molecule has 0 bridgehead atoms. The minimum atomic E-state index is 0.720. The minimum Gasteiger partial charge on any atom is -0.497 e. The van der Waals surface area contributed by atoms with Gasteiger partial charge in [0, 0.05) is 23.3 Å². The molecule has 0 N–H and O–H groups in total. The molecule has 0 aliphatic heterocycles. The molecule has 0 unspecified atom stereocenters. The summed E-state index contributed by atoms with van der Waals surface area (Å²) in [6.07, 6.45) is 0. The summed E-state index contributed by atoms with van der Waals surface area (Å²) >= 11 is 1.19. The Labute approximate surface area is 173 Å². The summed E-state index contributed by atoms with van der Waals surface area (Å²) in [4.78, 5) is 0. The van der Waals surface area contributed by atoms with Crippen molar-refractivity contribution in [3.05, 3.63) is 48.5 Å². The Morgan fingerprint density at radius 3 is 1.21 bits per heavy atom. The Morgan fingerprint density at radius 1 is 0.552 bits per heavy atom. The van der Waals surface area contributed by atoms with E-state index in [1.165, 1.54) is 11.7 Å². The van der Waals surface area contributed by atoms with E-state index in [4.69, 9.17) is 18.9 Å². The van der Waals surface area contributed by atoms with E-state index >= 15 is 0 Å². The molecule has 0 atom stereocenters. The van der Waals surface area contributed by atoms with Crippen molar-refractivity contribution in [1.29, 1.82) is 0 Å². The maximum Gasteiger partial charge on any atom is 0.123 e. The average Bonchev–Trinajstić information content (AvgIpc) is 3.27. The summed E-state index contributed by atoms with van der Waals surface area (Å²) in [5, 5.41) is 0. The molecule has 0 aliphatic rings. The van der Waals surface area contributed by atoms with Crippen molar-refractivity contribution in [2.75, 3.05) is 28.4 Å². The molecule has 0 fully saturated rings. The van der Waals surface area contributed by atoms with E-state index in [1.807, 2.05) is 48.5 Å². The highest BCUT2D eigenvalue weighted by Gasteiger charge is 2.16. The SMILES string of the molecule is COc1cc(OC)cc(-c2ccc(-c3cc(OC)cc(OC)c3)c3nsnc23)c1. The summed E-state index contributed by atoms with van der Waals surface area (Å²) < 4.78 is 30.8. The molecule has 148 valence electrons. The fourth-order valence-corrected chi connectivity index (χ4v) is 3.83. The van der Waals surface area contributed by atoms with Crippen molar-refractivity contribution < 1.29 is 18.9 Å². The van der Waals surface area contributed by atoms with Crippen molar-refractivity contribution >= 4 is 22.8 Å². The lowest BCUT2D eigenvalue weighted by atomic mass is 9.97. The Hall–Kier alpha value is -3.32. The smallest absolute Gasteiger partial charge is 0.123 e. The van der Waals surface area contributed by atoms with Crippen LogP contribution in [0, 0.1) is 0 Å². The lowest BCUT2D eigenvalue weighted by Crippen LogP contribution is -1.91. The molecule has 0 aliphatic carbocycles. The van der Waals surface area contributed by atoms with E-state index in [-0.39, 0.29) is 0 Å². The number of ether oxygens (including phenoxy) is 4. The second-order valence-electron chi connectivity index (χ2n) is 6.32. The number of rotatable bonds is 6. The van der Waals surface area contributed by atoms with Gasteiger partial charge in [0.2, 0.25) is 0 Å². The van der Waals surface area contributed by atoms with Crippen molar-refractivity contribution in [2.24, 2.45) is 0 Å². The van der Waals surface area contributed by atoms with Crippen LogP contribution in [0.1, 0.15) is 0 Å². The first-order valence-corrected chi connectivity index (χ1v) is 9.62. The Kier molecular flexibility index (Phi) is 5.22. The lowest BCUT2D eigenvalue weighted by molar-refractivity contribution is 0.394. The van der Waals surface area contributed by atoms with Crippen molar-refractivity contribution in [3.8, 4) is 45.3 Å². The van der Waals surface area contributed by atoms with Crippen LogP contribution in [0.15, 0.2) is 48.5 Å². The first-order valence-electron chi connectivity index (χ1n) is 8.89. The molecule has 6 nitrogen and oxygen atoms in total. The fourth-order valence-electron chi connectivity index (χ4n) is 3.26. The monoisotopic (exact) mass is 408 g/mol. The van der Waals surface area contributed by atoms with Crippen LogP contribution in [0.4, 0.5) is 0 Å². The van der Waals surface area contributed by atoms with Gasteiger partial charge in [-0.2, -0.15) is 8.75 Å². The largest absolute Gasteiger partial charge is 0.497 e.